The van der Waals surface area contributed by atoms with Crippen LogP contribution in [0.3, 0.4) is 0 Å². The van der Waals surface area contributed by atoms with E-state index in [9.17, 15) is 4.79 Å². The lowest BCUT2D eigenvalue weighted by Crippen LogP contribution is -2.49. The Morgan fingerprint density at radius 3 is 2.83 bits per heavy atom. The molecule has 6 heteroatoms. The van der Waals surface area contributed by atoms with Crippen LogP contribution in [0.4, 0.5) is 10.5 Å². The molecule has 1 N–H and O–H groups in total. The molecule has 1 aliphatic rings. The first kappa shape index (κ1) is 17.9. The van der Waals surface area contributed by atoms with Crippen LogP contribution in [-0.4, -0.2) is 42.8 Å². The van der Waals surface area contributed by atoms with E-state index in [4.69, 9.17) is 21.1 Å². The third kappa shape index (κ3) is 4.52. The summed E-state index contributed by atoms with van der Waals surface area (Å²) >= 11 is 6.11. The van der Waals surface area contributed by atoms with Crippen molar-refractivity contribution in [2.24, 2.45) is 0 Å². The molecule has 0 spiro atoms. The molecular weight excluding hydrogens is 316 g/mol. The van der Waals surface area contributed by atoms with Crippen LogP contribution < -0.4 is 10.1 Å². The van der Waals surface area contributed by atoms with Gasteiger partial charge in [0.1, 0.15) is 5.75 Å². The predicted octanol–water partition coefficient (Wildman–Crippen LogP) is 4.16. The van der Waals surface area contributed by atoms with Crippen molar-refractivity contribution in [1.82, 2.24) is 4.90 Å². The Labute approximate surface area is 142 Å². The summed E-state index contributed by atoms with van der Waals surface area (Å²) in [5.74, 6) is 0.586. The summed E-state index contributed by atoms with van der Waals surface area (Å²) in [6.07, 6.45) is 1.69. The zero-order chi connectivity index (χ0) is 17.0. The lowest BCUT2D eigenvalue weighted by atomic mass is 9.93. The summed E-state index contributed by atoms with van der Waals surface area (Å²) in [6.45, 7) is 7.44. The third-order valence-electron chi connectivity index (χ3n) is 4.12. The minimum Gasteiger partial charge on any atom is -0.495 e. The first-order valence-corrected chi connectivity index (χ1v) is 8.29. The van der Waals surface area contributed by atoms with Gasteiger partial charge in [0.2, 0.25) is 0 Å². The fourth-order valence-corrected chi connectivity index (χ4v) is 3.23. The number of halogens is 1. The second-order valence-electron chi connectivity index (χ2n) is 6.32. The Morgan fingerprint density at radius 2 is 2.26 bits per heavy atom. The molecule has 1 aromatic carbocycles. The van der Waals surface area contributed by atoms with Gasteiger partial charge in [-0.15, -0.1) is 0 Å². The fourth-order valence-electron chi connectivity index (χ4n) is 2.97. The number of nitrogens with one attached hydrogen (secondary N) is 1. The van der Waals surface area contributed by atoms with Crippen LogP contribution in [0.15, 0.2) is 18.2 Å². The van der Waals surface area contributed by atoms with Crippen molar-refractivity contribution >= 4 is 23.3 Å². The van der Waals surface area contributed by atoms with E-state index in [2.05, 4.69) is 19.2 Å². The second kappa shape index (κ2) is 7.41. The maximum absolute atomic E-state index is 12.6. The first-order chi connectivity index (χ1) is 10.9. The SMILES string of the molecule is CCN(C(=O)Nc1ccc(OC)c(Cl)c1)[C@H]1CCOC(C)(C)C1. The standard InChI is InChI=1S/C17H25ClN2O3/c1-5-20(13-8-9-23-17(2,3)11-13)16(21)19-12-6-7-15(22-4)14(18)10-12/h6-7,10,13H,5,8-9,11H2,1-4H3,(H,19,21)/t13-/m0/s1. The number of benzene rings is 1. The summed E-state index contributed by atoms with van der Waals surface area (Å²) < 4.78 is 10.9. The van der Waals surface area contributed by atoms with Gasteiger partial charge in [-0.2, -0.15) is 0 Å². The Kier molecular flexibility index (Phi) is 5.76. The smallest absolute Gasteiger partial charge is 0.322 e. The van der Waals surface area contributed by atoms with Gasteiger partial charge in [-0.05, 0) is 51.8 Å². The maximum Gasteiger partial charge on any atom is 0.322 e. The molecule has 0 bridgehead atoms. The Hall–Kier alpha value is -1.46. The fraction of sp³-hybridized carbons (Fsp3) is 0.588. The van der Waals surface area contributed by atoms with Gasteiger partial charge in [0.15, 0.2) is 0 Å². The highest BCUT2D eigenvalue weighted by Crippen LogP contribution is 2.29. The molecule has 128 valence electrons. The van der Waals surface area contributed by atoms with Crippen molar-refractivity contribution in [3.05, 3.63) is 23.2 Å². The van der Waals surface area contributed by atoms with Crippen molar-refractivity contribution in [2.75, 3.05) is 25.6 Å². The molecule has 0 saturated carbocycles. The summed E-state index contributed by atoms with van der Waals surface area (Å²) in [5.41, 5.74) is 0.464. The topological polar surface area (TPSA) is 50.8 Å². The van der Waals surface area contributed by atoms with Gasteiger partial charge >= 0.3 is 6.03 Å². The molecule has 1 atom stereocenters. The van der Waals surface area contributed by atoms with E-state index in [0.29, 0.717) is 29.6 Å². The van der Waals surface area contributed by atoms with Gasteiger partial charge in [0, 0.05) is 24.9 Å². The van der Waals surface area contributed by atoms with Gasteiger partial charge in [-0.1, -0.05) is 11.6 Å². The average molecular weight is 341 g/mol. The largest absolute Gasteiger partial charge is 0.495 e. The Balaban J connectivity index is 2.06. The number of anilines is 1. The number of ether oxygens (including phenoxy) is 2. The zero-order valence-corrected chi connectivity index (χ0v) is 14.9. The van der Waals surface area contributed by atoms with Crippen LogP contribution >= 0.6 is 11.6 Å². The summed E-state index contributed by atoms with van der Waals surface area (Å²) in [7, 11) is 1.56. The van der Waals surface area contributed by atoms with Crippen LogP contribution in [0.5, 0.6) is 5.75 Å². The zero-order valence-electron chi connectivity index (χ0n) is 14.2. The summed E-state index contributed by atoms with van der Waals surface area (Å²) in [5, 5.41) is 3.39. The van der Waals surface area contributed by atoms with E-state index in [1.807, 2.05) is 11.8 Å². The summed E-state index contributed by atoms with van der Waals surface area (Å²) in [4.78, 5) is 14.5. The minimum atomic E-state index is -0.194. The Bertz CT molecular complexity index is 563. The molecule has 2 rings (SSSR count). The lowest BCUT2D eigenvalue weighted by molar-refractivity contribution is -0.0758. The van der Waals surface area contributed by atoms with Gasteiger partial charge in [0.25, 0.3) is 0 Å². The van der Waals surface area contributed by atoms with Crippen molar-refractivity contribution in [3.63, 3.8) is 0 Å². The number of carbonyl (C=O) groups excluding carboxylic acids is 1. The van der Waals surface area contributed by atoms with Crippen molar-refractivity contribution < 1.29 is 14.3 Å². The van der Waals surface area contributed by atoms with Crippen molar-refractivity contribution in [1.29, 1.82) is 0 Å². The van der Waals surface area contributed by atoms with E-state index in [1.165, 1.54) is 0 Å². The molecule has 2 amide bonds. The van der Waals surface area contributed by atoms with Crippen LogP contribution in [0, 0.1) is 0 Å². The van der Waals surface area contributed by atoms with E-state index in [1.54, 1.807) is 25.3 Å². The lowest BCUT2D eigenvalue weighted by Gasteiger charge is -2.40. The molecule has 23 heavy (non-hydrogen) atoms. The van der Waals surface area contributed by atoms with Crippen LogP contribution in [-0.2, 0) is 4.74 Å². The van der Waals surface area contributed by atoms with Crippen LogP contribution in [0.2, 0.25) is 5.02 Å². The Morgan fingerprint density at radius 1 is 1.52 bits per heavy atom. The van der Waals surface area contributed by atoms with Gasteiger partial charge < -0.3 is 19.7 Å². The van der Waals surface area contributed by atoms with Gasteiger partial charge in [0.05, 0.1) is 17.7 Å². The summed E-state index contributed by atoms with van der Waals surface area (Å²) in [6, 6.07) is 5.28. The molecule has 0 aliphatic carbocycles. The number of hydrogen-bond donors (Lipinski definition) is 1. The number of carbonyl (C=O) groups is 1. The van der Waals surface area contributed by atoms with Crippen LogP contribution in [0.1, 0.15) is 33.6 Å². The number of urea groups is 1. The molecule has 0 unspecified atom stereocenters. The quantitative estimate of drug-likeness (QED) is 0.895. The highest BCUT2D eigenvalue weighted by atomic mass is 35.5. The third-order valence-corrected chi connectivity index (χ3v) is 4.41. The average Bonchev–Trinajstić information content (AvgIpc) is 2.47. The molecule has 1 aliphatic heterocycles. The maximum atomic E-state index is 12.6. The molecule has 1 saturated heterocycles. The van der Waals surface area contributed by atoms with Crippen LogP contribution in [0.25, 0.3) is 0 Å². The molecule has 1 fully saturated rings. The minimum absolute atomic E-state index is 0.114. The molecule has 1 aromatic rings. The number of nitrogens with zero attached hydrogens (tertiary/aromatic N) is 1. The van der Waals surface area contributed by atoms with Crippen molar-refractivity contribution in [2.45, 2.75) is 45.3 Å². The van der Waals surface area contributed by atoms with Gasteiger partial charge in [-0.3, -0.25) is 0 Å². The number of methoxy groups -OCH3 is 1. The monoisotopic (exact) mass is 340 g/mol. The van der Waals surface area contributed by atoms with E-state index < -0.39 is 0 Å². The first-order valence-electron chi connectivity index (χ1n) is 7.91. The van der Waals surface area contributed by atoms with E-state index in [0.717, 1.165) is 12.8 Å². The van der Waals surface area contributed by atoms with Gasteiger partial charge in [-0.25, -0.2) is 4.79 Å². The molecule has 0 radical (unpaired) electrons. The number of rotatable bonds is 4. The molecule has 5 nitrogen and oxygen atoms in total. The predicted molar refractivity (Wildman–Crippen MR) is 92.5 cm³/mol. The van der Waals surface area contributed by atoms with E-state index in [-0.39, 0.29) is 17.7 Å². The normalized spacial score (nSPS) is 20.0. The van der Waals surface area contributed by atoms with E-state index >= 15 is 0 Å². The van der Waals surface area contributed by atoms with Crippen molar-refractivity contribution in [3.8, 4) is 5.75 Å². The second-order valence-corrected chi connectivity index (χ2v) is 6.73. The molecule has 1 heterocycles. The molecule has 0 aromatic heterocycles. The number of hydrogen-bond acceptors (Lipinski definition) is 3. The number of amides is 2. The molecular formula is C17H25ClN2O3. The highest BCUT2D eigenvalue weighted by Gasteiger charge is 2.33. The highest BCUT2D eigenvalue weighted by molar-refractivity contribution is 6.32.